The average Bonchev–Trinajstić information content (AvgIpc) is 3.05. The van der Waals surface area contributed by atoms with Gasteiger partial charge in [-0.05, 0) is 43.0 Å². The van der Waals surface area contributed by atoms with Gasteiger partial charge in [0.15, 0.2) is 0 Å². The second-order valence-electron chi connectivity index (χ2n) is 7.96. The summed E-state index contributed by atoms with van der Waals surface area (Å²) >= 11 is 0. The maximum atomic E-state index is 13.1. The molecule has 1 unspecified atom stereocenters. The zero-order valence-electron chi connectivity index (χ0n) is 17.7. The van der Waals surface area contributed by atoms with Crippen molar-refractivity contribution in [3.8, 4) is 0 Å². The maximum absolute atomic E-state index is 13.1. The first-order valence-electron chi connectivity index (χ1n) is 10.4. The van der Waals surface area contributed by atoms with Gasteiger partial charge < -0.3 is 10.0 Å². The lowest BCUT2D eigenvalue weighted by molar-refractivity contribution is -0.139. The molecule has 1 atom stereocenters. The van der Waals surface area contributed by atoms with Crippen molar-refractivity contribution in [3.63, 3.8) is 0 Å². The summed E-state index contributed by atoms with van der Waals surface area (Å²) in [4.78, 5) is 27.7. The van der Waals surface area contributed by atoms with E-state index in [0.717, 1.165) is 22.3 Å². The van der Waals surface area contributed by atoms with E-state index in [2.05, 4.69) is 0 Å². The van der Waals surface area contributed by atoms with Crippen LogP contribution in [0.5, 0.6) is 0 Å². The fraction of sp³-hybridized carbons (Fsp3) is 0.185. The van der Waals surface area contributed by atoms with Crippen LogP contribution in [0.1, 0.15) is 33.9 Å². The number of likely N-dealkylation sites (tertiary alicyclic amines) is 1. The van der Waals surface area contributed by atoms with E-state index in [0.29, 0.717) is 18.5 Å². The number of aliphatic hydroxyl groups is 1. The molecule has 4 nitrogen and oxygen atoms in total. The monoisotopic (exact) mass is 411 g/mol. The molecule has 1 heterocycles. The summed E-state index contributed by atoms with van der Waals surface area (Å²) in [6, 6.07) is 24.4. The normalized spacial score (nSPS) is 17.9. The van der Waals surface area contributed by atoms with Crippen LogP contribution in [0.3, 0.4) is 0 Å². The van der Waals surface area contributed by atoms with E-state index < -0.39 is 17.7 Å². The molecule has 4 heteroatoms. The molecule has 3 aromatic carbocycles. The number of carbonyl (C=O) groups is 2. The Morgan fingerprint density at radius 3 is 2.23 bits per heavy atom. The molecule has 0 saturated carbocycles. The molecule has 31 heavy (non-hydrogen) atoms. The van der Waals surface area contributed by atoms with Gasteiger partial charge >= 0.3 is 0 Å². The predicted molar refractivity (Wildman–Crippen MR) is 122 cm³/mol. The molecule has 156 valence electrons. The number of benzene rings is 3. The molecule has 1 aliphatic heterocycles. The maximum Gasteiger partial charge on any atom is 0.295 e. The molecule has 4 rings (SSSR count). The number of aliphatic hydroxyl groups excluding tert-OH is 1. The van der Waals surface area contributed by atoms with E-state index in [1.54, 1.807) is 4.90 Å². The highest BCUT2D eigenvalue weighted by molar-refractivity contribution is 6.46. The molecule has 3 aromatic rings. The van der Waals surface area contributed by atoms with Crippen LogP contribution < -0.4 is 0 Å². The lowest BCUT2D eigenvalue weighted by atomic mass is 9.93. The fourth-order valence-electron chi connectivity index (χ4n) is 4.12. The van der Waals surface area contributed by atoms with Crippen LogP contribution in [0.15, 0.2) is 84.4 Å². The van der Waals surface area contributed by atoms with Crippen LogP contribution in [0.25, 0.3) is 5.76 Å². The second kappa shape index (κ2) is 8.60. The number of amides is 1. The minimum atomic E-state index is -0.639. The van der Waals surface area contributed by atoms with Crippen molar-refractivity contribution in [2.45, 2.75) is 26.3 Å². The SMILES string of the molecule is Cc1ccc(C)c(C(O)=C2C(=O)C(=O)N(CCc3ccccc3)C2c2ccccc2)c1. The van der Waals surface area contributed by atoms with Crippen LogP contribution >= 0.6 is 0 Å². The first-order valence-corrected chi connectivity index (χ1v) is 10.4. The highest BCUT2D eigenvalue weighted by Gasteiger charge is 2.45. The number of carbonyl (C=O) groups excluding carboxylic acids is 2. The van der Waals surface area contributed by atoms with Crippen molar-refractivity contribution in [2.24, 2.45) is 0 Å². The highest BCUT2D eigenvalue weighted by atomic mass is 16.3. The Labute approximate surface area is 182 Å². The number of ketones is 1. The van der Waals surface area contributed by atoms with Crippen molar-refractivity contribution < 1.29 is 14.7 Å². The van der Waals surface area contributed by atoms with E-state index in [4.69, 9.17) is 0 Å². The Morgan fingerprint density at radius 1 is 0.903 bits per heavy atom. The summed E-state index contributed by atoms with van der Waals surface area (Å²) in [6.07, 6.45) is 0.626. The Kier molecular flexibility index (Phi) is 5.72. The van der Waals surface area contributed by atoms with E-state index in [9.17, 15) is 14.7 Å². The van der Waals surface area contributed by atoms with Crippen molar-refractivity contribution in [1.29, 1.82) is 0 Å². The van der Waals surface area contributed by atoms with Crippen LogP contribution in [0.2, 0.25) is 0 Å². The van der Waals surface area contributed by atoms with Gasteiger partial charge in [0.05, 0.1) is 11.6 Å². The number of Topliss-reactive ketones (excluding diaryl/α,β-unsaturated/α-hetero) is 1. The lowest BCUT2D eigenvalue weighted by Crippen LogP contribution is -2.31. The van der Waals surface area contributed by atoms with Crippen LogP contribution in [-0.4, -0.2) is 28.2 Å². The quantitative estimate of drug-likeness (QED) is 0.366. The molecule has 1 saturated heterocycles. The lowest BCUT2D eigenvalue weighted by Gasteiger charge is -2.25. The van der Waals surface area contributed by atoms with E-state index in [1.807, 2.05) is 92.7 Å². The average molecular weight is 412 g/mol. The van der Waals surface area contributed by atoms with Crippen molar-refractivity contribution in [1.82, 2.24) is 4.90 Å². The molecule has 1 N–H and O–H groups in total. The summed E-state index contributed by atoms with van der Waals surface area (Å²) < 4.78 is 0. The minimum absolute atomic E-state index is 0.115. The van der Waals surface area contributed by atoms with Gasteiger partial charge in [0.25, 0.3) is 11.7 Å². The van der Waals surface area contributed by atoms with Gasteiger partial charge in [-0.3, -0.25) is 9.59 Å². The Balaban J connectivity index is 1.81. The van der Waals surface area contributed by atoms with Crippen LogP contribution in [-0.2, 0) is 16.0 Å². The Morgan fingerprint density at radius 2 is 1.55 bits per heavy atom. The molecule has 0 aromatic heterocycles. The van der Waals surface area contributed by atoms with E-state index in [-0.39, 0.29) is 11.3 Å². The zero-order valence-corrected chi connectivity index (χ0v) is 17.7. The number of rotatable bonds is 5. The van der Waals surface area contributed by atoms with E-state index >= 15 is 0 Å². The number of nitrogens with zero attached hydrogens (tertiary/aromatic N) is 1. The van der Waals surface area contributed by atoms with Gasteiger partial charge in [0.1, 0.15) is 5.76 Å². The molecule has 0 spiro atoms. The highest BCUT2D eigenvalue weighted by Crippen LogP contribution is 2.39. The summed E-state index contributed by atoms with van der Waals surface area (Å²) in [5.74, 6) is -1.33. The standard InChI is InChI=1S/C27H25NO3/c1-18-13-14-19(2)22(17-18)25(29)23-24(21-11-7-4-8-12-21)28(27(31)26(23)30)16-15-20-9-5-3-6-10-20/h3-14,17,24,29H,15-16H2,1-2H3. The summed E-state index contributed by atoms with van der Waals surface area (Å²) in [5.41, 5.74) is 4.46. The van der Waals surface area contributed by atoms with Crippen LogP contribution in [0.4, 0.5) is 0 Å². The second-order valence-corrected chi connectivity index (χ2v) is 7.96. The summed E-state index contributed by atoms with van der Waals surface area (Å²) in [5, 5.41) is 11.2. The predicted octanol–water partition coefficient (Wildman–Crippen LogP) is 4.97. The topological polar surface area (TPSA) is 57.6 Å². The number of hydrogen-bond donors (Lipinski definition) is 1. The Hall–Kier alpha value is -3.66. The first-order chi connectivity index (χ1) is 15.0. The van der Waals surface area contributed by atoms with E-state index in [1.165, 1.54) is 0 Å². The fourth-order valence-corrected chi connectivity index (χ4v) is 4.12. The molecule has 0 bridgehead atoms. The van der Waals surface area contributed by atoms with Gasteiger partial charge in [-0.15, -0.1) is 0 Å². The Bertz CT molecular complexity index is 1150. The largest absolute Gasteiger partial charge is 0.507 e. The van der Waals surface area contributed by atoms with Gasteiger partial charge in [0.2, 0.25) is 0 Å². The third-order valence-corrected chi connectivity index (χ3v) is 5.79. The molecule has 0 aliphatic carbocycles. The van der Waals surface area contributed by atoms with Crippen molar-refractivity contribution in [3.05, 3.63) is 112 Å². The first kappa shape index (κ1) is 20.6. The number of hydrogen-bond acceptors (Lipinski definition) is 3. The number of aryl methyl sites for hydroxylation is 2. The molecule has 1 aliphatic rings. The molecule has 0 radical (unpaired) electrons. The minimum Gasteiger partial charge on any atom is -0.507 e. The van der Waals surface area contributed by atoms with Crippen LogP contribution in [0, 0.1) is 13.8 Å². The molecule has 1 amide bonds. The van der Waals surface area contributed by atoms with Gasteiger partial charge in [-0.1, -0.05) is 78.4 Å². The van der Waals surface area contributed by atoms with Gasteiger partial charge in [0, 0.05) is 12.1 Å². The molecular formula is C27H25NO3. The van der Waals surface area contributed by atoms with Crippen molar-refractivity contribution >= 4 is 17.4 Å². The summed E-state index contributed by atoms with van der Waals surface area (Å²) in [6.45, 7) is 4.21. The molecular weight excluding hydrogens is 386 g/mol. The zero-order chi connectivity index (χ0) is 22.0. The summed E-state index contributed by atoms with van der Waals surface area (Å²) in [7, 11) is 0. The smallest absolute Gasteiger partial charge is 0.295 e. The molecule has 1 fully saturated rings. The van der Waals surface area contributed by atoms with Gasteiger partial charge in [-0.2, -0.15) is 0 Å². The third-order valence-electron chi connectivity index (χ3n) is 5.79. The van der Waals surface area contributed by atoms with Crippen molar-refractivity contribution in [2.75, 3.05) is 6.54 Å². The third kappa shape index (κ3) is 4.02. The van der Waals surface area contributed by atoms with Gasteiger partial charge in [-0.25, -0.2) is 0 Å².